The molecule has 2 aromatic rings. The minimum absolute atomic E-state index is 0.218. The predicted octanol–water partition coefficient (Wildman–Crippen LogP) is 3.00. The number of nitrogens with one attached hydrogen (secondary N) is 2. The zero-order valence-corrected chi connectivity index (χ0v) is 12.4. The maximum Gasteiger partial charge on any atom is 0.255 e. The van der Waals surface area contributed by atoms with Crippen LogP contribution in [0, 0.1) is 0 Å². The molecule has 0 atom stereocenters. The maximum atomic E-state index is 12.2. The van der Waals surface area contributed by atoms with Gasteiger partial charge in [0, 0.05) is 15.7 Å². The van der Waals surface area contributed by atoms with Gasteiger partial charge in [-0.2, -0.15) is 0 Å². The van der Waals surface area contributed by atoms with Gasteiger partial charge in [0.05, 0.1) is 12.8 Å². The van der Waals surface area contributed by atoms with E-state index >= 15 is 0 Å². The Morgan fingerprint density at radius 2 is 1.90 bits per heavy atom. The third kappa shape index (κ3) is 3.28. The van der Waals surface area contributed by atoms with Gasteiger partial charge in [0.1, 0.15) is 5.75 Å². The normalized spacial score (nSPS) is 9.95. The monoisotopic (exact) mass is 335 g/mol. The highest BCUT2D eigenvalue weighted by Crippen LogP contribution is 2.28. The zero-order valence-electron chi connectivity index (χ0n) is 10.8. The molecule has 0 aliphatic carbocycles. The van der Waals surface area contributed by atoms with Gasteiger partial charge in [-0.1, -0.05) is 15.9 Å². The number of methoxy groups -OCH3 is 1. The van der Waals surface area contributed by atoms with E-state index in [2.05, 4.69) is 26.7 Å². The summed E-state index contributed by atoms with van der Waals surface area (Å²) in [4.78, 5) is 12.2. The Bertz CT molecular complexity index is 614. The molecule has 0 saturated carbocycles. The number of hydrazine groups is 1. The average molecular weight is 336 g/mol. The first-order valence-electron chi connectivity index (χ1n) is 5.85. The minimum Gasteiger partial charge on any atom is -0.495 e. The number of hydrogen-bond acceptors (Lipinski definition) is 4. The number of benzene rings is 2. The highest BCUT2D eigenvalue weighted by Gasteiger charge is 2.10. The van der Waals surface area contributed by atoms with Crippen LogP contribution in [-0.4, -0.2) is 13.0 Å². The third-order valence-corrected chi connectivity index (χ3v) is 3.22. The Balaban J connectivity index is 2.20. The molecule has 1 amide bonds. The van der Waals surface area contributed by atoms with Gasteiger partial charge in [-0.05, 0) is 42.5 Å². The van der Waals surface area contributed by atoms with Crippen LogP contribution in [0.4, 0.5) is 11.4 Å². The van der Waals surface area contributed by atoms with Crippen molar-refractivity contribution in [3.8, 4) is 5.75 Å². The highest BCUT2D eigenvalue weighted by molar-refractivity contribution is 9.10. The molecule has 0 saturated heterocycles. The standard InChI is InChI=1S/C14H14BrN3O2/c1-20-13-7-4-10(15)8-12(13)17-14(19)9-2-5-11(18-16)6-3-9/h2-8,18H,16H2,1H3,(H,17,19). The fraction of sp³-hybridized carbons (Fsp3) is 0.0714. The van der Waals surface area contributed by atoms with Crippen LogP contribution >= 0.6 is 15.9 Å². The molecule has 0 heterocycles. The summed E-state index contributed by atoms with van der Waals surface area (Å²) < 4.78 is 6.07. The molecule has 0 aliphatic heterocycles. The van der Waals surface area contributed by atoms with Gasteiger partial charge in [-0.15, -0.1) is 0 Å². The largest absolute Gasteiger partial charge is 0.495 e. The summed E-state index contributed by atoms with van der Waals surface area (Å²) in [6, 6.07) is 12.2. The van der Waals surface area contributed by atoms with Crippen molar-refractivity contribution in [3.05, 3.63) is 52.5 Å². The second kappa shape index (κ2) is 6.40. The van der Waals surface area contributed by atoms with Crippen molar-refractivity contribution >= 4 is 33.2 Å². The zero-order chi connectivity index (χ0) is 14.5. The van der Waals surface area contributed by atoms with Gasteiger partial charge in [0.15, 0.2) is 0 Å². The van der Waals surface area contributed by atoms with Crippen LogP contribution in [0.5, 0.6) is 5.75 Å². The molecule has 5 nitrogen and oxygen atoms in total. The summed E-state index contributed by atoms with van der Waals surface area (Å²) in [6.07, 6.45) is 0. The van der Waals surface area contributed by atoms with Gasteiger partial charge in [0.25, 0.3) is 5.91 Å². The molecule has 0 unspecified atom stereocenters. The summed E-state index contributed by atoms with van der Waals surface area (Å²) in [5.41, 5.74) is 4.39. The molecule has 20 heavy (non-hydrogen) atoms. The van der Waals surface area contributed by atoms with Crippen molar-refractivity contribution in [3.63, 3.8) is 0 Å². The van der Waals surface area contributed by atoms with Gasteiger partial charge < -0.3 is 15.5 Å². The number of halogens is 1. The summed E-state index contributed by atoms with van der Waals surface area (Å²) in [5.74, 6) is 5.66. The lowest BCUT2D eigenvalue weighted by Crippen LogP contribution is -2.13. The number of rotatable bonds is 4. The van der Waals surface area contributed by atoms with Crippen LogP contribution in [0.25, 0.3) is 0 Å². The molecule has 0 aromatic heterocycles. The number of carbonyl (C=O) groups excluding carboxylic acids is 1. The van der Waals surface area contributed by atoms with Gasteiger partial charge in [-0.3, -0.25) is 10.6 Å². The molecular weight excluding hydrogens is 322 g/mol. The average Bonchev–Trinajstić information content (AvgIpc) is 2.47. The fourth-order valence-corrected chi connectivity index (χ4v) is 2.05. The molecule has 0 bridgehead atoms. The molecule has 4 N–H and O–H groups in total. The number of anilines is 2. The summed E-state index contributed by atoms with van der Waals surface area (Å²) >= 11 is 3.36. The van der Waals surface area contributed by atoms with Crippen LogP contribution in [0.15, 0.2) is 46.9 Å². The minimum atomic E-state index is -0.218. The lowest BCUT2D eigenvalue weighted by Gasteiger charge is -2.11. The van der Waals surface area contributed by atoms with Crippen LogP contribution in [0.2, 0.25) is 0 Å². The van der Waals surface area contributed by atoms with E-state index in [1.807, 2.05) is 6.07 Å². The number of hydrogen-bond donors (Lipinski definition) is 3. The first-order chi connectivity index (χ1) is 9.63. The van der Waals surface area contributed by atoms with Crippen molar-refractivity contribution in [1.82, 2.24) is 0 Å². The lowest BCUT2D eigenvalue weighted by atomic mass is 10.2. The van der Waals surface area contributed by atoms with E-state index in [1.54, 1.807) is 43.5 Å². The van der Waals surface area contributed by atoms with E-state index < -0.39 is 0 Å². The Hall–Kier alpha value is -2.05. The van der Waals surface area contributed by atoms with Crippen LogP contribution in [-0.2, 0) is 0 Å². The van der Waals surface area contributed by atoms with Crippen LogP contribution in [0.3, 0.4) is 0 Å². The number of nitrogen functional groups attached to an aromatic ring is 1. The molecule has 0 aliphatic rings. The van der Waals surface area contributed by atoms with E-state index in [4.69, 9.17) is 10.6 Å². The molecule has 2 aromatic carbocycles. The molecular formula is C14H14BrN3O2. The van der Waals surface area contributed by atoms with E-state index in [1.165, 1.54) is 0 Å². The SMILES string of the molecule is COc1ccc(Br)cc1NC(=O)c1ccc(NN)cc1. The van der Waals surface area contributed by atoms with E-state index in [0.29, 0.717) is 17.0 Å². The van der Waals surface area contributed by atoms with Crippen molar-refractivity contribution in [1.29, 1.82) is 0 Å². The summed E-state index contributed by atoms with van der Waals surface area (Å²) in [7, 11) is 1.56. The number of amides is 1. The maximum absolute atomic E-state index is 12.2. The third-order valence-electron chi connectivity index (χ3n) is 2.72. The molecule has 2 rings (SSSR count). The van der Waals surface area contributed by atoms with Crippen LogP contribution < -0.4 is 21.3 Å². The van der Waals surface area contributed by atoms with E-state index in [-0.39, 0.29) is 5.91 Å². The molecule has 0 spiro atoms. The van der Waals surface area contributed by atoms with E-state index in [9.17, 15) is 4.79 Å². The Morgan fingerprint density at radius 1 is 1.20 bits per heavy atom. The number of nitrogens with two attached hydrogens (primary N) is 1. The van der Waals surface area contributed by atoms with Crippen molar-refractivity contribution in [2.75, 3.05) is 17.9 Å². The Labute approximate surface area is 125 Å². The highest BCUT2D eigenvalue weighted by atomic mass is 79.9. The Morgan fingerprint density at radius 3 is 2.50 bits per heavy atom. The predicted molar refractivity (Wildman–Crippen MR) is 82.9 cm³/mol. The topological polar surface area (TPSA) is 76.4 Å². The van der Waals surface area contributed by atoms with Crippen molar-refractivity contribution < 1.29 is 9.53 Å². The summed E-state index contributed by atoms with van der Waals surface area (Å²) in [5, 5.41) is 2.81. The molecule has 0 fully saturated rings. The first-order valence-corrected chi connectivity index (χ1v) is 6.65. The second-order valence-electron chi connectivity index (χ2n) is 4.02. The smallest absolute Gasteiger partial charge is 0.255 e. The molecule has 6 heteroatoms. The fourth-order valence-electron chi connectivity index (χ4n) is 1.69. The molecule has 0 radical (unpaired) electrons. The number of carbonyl (C=O) groups is 1. The first kappa shape index (κ1) is 14.4. The lowest BCUT2D eigenvalue weighted by molar-refractivity contribution is 0.102. The Kier molecular flexibility index (Phi) is 4.60. The van der Waals surface area contributed by atoms with Crippen molar-refractivity contribution in [2.45, 2.75) is 0 Å². The van der Waals surface area contributed by atoms with Gasteiger partial charge >= 0.3 is 0 Å². The van der Waals surface area contributed by atoms with Crippen molar-refractivity contribution in [2.24, 2.45) is 5.84 Å². The van der Waals surface area contributed by atoms with E-state index in [0.717, 1.165) is 10.2 Å². The van der Waals surface area contributed by atoms with Crippen LogP contribution in [0.1, 0.15) is 10.4 Å². The second-order valence-corrected chi connectivity index (χ2v) is 4.94. The number of ether oxygens (including phenoxy) is 1. The quantitative estimate of drug-likeness (QED) is 0.593. The van der Waals surface area contributed by atoms with Gasteiger partial charge in [-0.25, -0.2) is 0 Å². The summed E-state index contributed by atoms with van der Waals surface area (Å²) in [6.45, 7) is 0. The molecule has 104 valence electrons. The van der Waals surface area contributed by atoms with Gasteiger partial charge in [0.2, 0.25) is 0 Å².